The lowest BCUT2D eigenvalue weighted by molar-refractivity contribution is -0.119. The van der Waals surface area contributed by atoms with Gasteiger partial charge in [0.15, 0.2) is 0 Å². The first-order valence-corrected chi connectivity index (χ1v) is 9.31. The maximum absolute atomic E-state index is 14.6. The molecule has 0 fully saturated rings. The normalized spacial score (nSPS) is 16.0. The maximum atomic E-state index is 14.6. The molecule has 29 heavy (non-hydrogen) atoms. The van der Waals surface area contributed by atoms with Crippen LogP contribution in [0.4, 0.5) is 20.6 Å². The number of likely N-dealkylation sites (N-methyl/N-ethyl adjacent to an activating group) is 1. The zero-order valence-corrected chi connectivity index (χ0v) is 16.6. The van der Waals surface area contributed by atoms with Gasteiger partial charge in [-0.25, -0.2) is 9.18 Å². The van der Waals surface area contributed by atoms with E-state index in [9.17, 15) is 14.0 Å². The number of hydrogen-bond donors (Lipinski definition) is 3. The standard InChI is InChI=1S/C20H20ClFN4O3/c1-11-19(28)26(2)15-8-7-14(25-20(29)23-9-10-27)17(21)16(15)18(24-11)12-5-3-4-6-13(12)22/h3-8,11,27H,9-10H2,1-2H3,(H2,23,25,29)/t11-/m1/s1. The molecule has 0 radical (unpaired) electrons. The van der Waals surface area contributed by atoms with Gasteiger partial charge in [0.25, 0.3) is 5.91 Å². The number of benzene rings is 2. The average molecular weight is 419 g/mol. The van der Waals surface area contributed by atoms with Crippen LogP contribution in [-0.4, -0.2) is 49.0 Å². The maximum Gasteiger partial charge on any atom is 0.319 e. The van der Waals surface area contributed by atoms with Crippen LogP contribution in [0.1, 0.15) is 18.1 Å². The summed E-state index contributed by atoms with van der Waals surface area (Å²) in [5.74, 6) is -0.772. The Hall–Kier alpha value is -2.97. The number of halogens is 2. The SMILES string of the molecule is C[C@H]1N=C(c2ccccc2F)c2c(ccc(NC(=O)NCCO)c2Cl)N(C)C1=O. The van der Waals surface area contributed by atoms with Crippen molar-refractivity contribution >= 4 is 40.6 Å². The highest BCUT2D eigenvalue weighted by Crippen LogP contribution is 2.38. The Bertz CT molecular complexity index is 996. The minimum atomic E-state index is -0.748. The molecule has 9 heteroatoms. The van der Waals surface area contributed by atoms with Crippen molar-refractivity contribution in [3.8, 4) is 0 Å². The number of amides is 3. The number of nitrogens with one attached hydrogen (secondary N) is 2. The predicted molar refractivity (Wildman–Crippen MR) is 110 cm³/mol. The van der Waals surface area contributed by atoms with Crippen LogP contribution in [0, 0.1) is 5.82 Å². The zero-order chi connectivity index (χ0) is 21.1. The van der Waals surface area contributed by atoms with E-state index in [0.29, 0.717) is 11.3 Å². The van der Waals surface area contributed by atoms with Gasteiger partial charge >= 0.3 is 6.03 Å². The molecule has 2 aromatic carbocycles. The van der Waals surface area contributed by atoms with Gasteiger partial charge in [-0.2, -0.15) is 0 Å². The molecule has 0 aromatic heterocycles. The number of benzodiazepines with no additional fused rings is 1. The Labute approximate surface area is 172 Å². The van der Waals surface area contributed by atoms with Gasteiger partial charge in [0, 0.05) is 24.7 Å². The summed E-state index contributed by atoms with van der Waals surface area (Å²) in [5.41, 5.74) is 1.49. The number of aliphatic hydroxyl groups excluding tert-OH is 1. The van der Waals surface area contributed by atoms with Gasteiger partial charge in [-0.1, -0.05) is 23.7 Å². The summed E-state index contributed by atoms with van der Waals surface area (Å²) in [5, 5.41) is 14.0. The molecule has 1 atom stereocenters. The average Bonchev–Trinajstić information content (AvgIpc) is 2.79. The molecule has 152 valence electrons. The highest BCUT2D eigenvalue weighted by molar-refractivity contribution is 6.40. The van der Waals surface area contributed by atoms with Crippen molar-refractivity contribution in [1.82, 2.24) is 5.32 Å². The molecule has 2 aromatic rings. The Morgan fingerprint density at radius 1 is 1.31 bits per heavy atom. The summed E-state index contributed by atoms with van der Waals surface area (Å²) >= 11 is 6.60. The summed E-state index contributed by atoms with van der Waals surface area (Å²) < 4.78 is 14.6. The third-order valence-corrected chi connectivity index (χ3v) is 4.90. The molecule has 7 nitrogen and oxygen atoms in total. The van der Waals surface area contributed by atoms with Crippen LogP contribution in [0.5, 0.6) is 0 Å². The fourth-order valence-electron chi connectivity index (χ4n) is 3.07. The first kappa shape index (κ1) is 20.8. The highest BCUT2D eigenvalue weighted by atomic mass is 35.5. The monoisotopic (exact) mass is 418 g/mol. The molecule has 0 unspecified atom stereocenters. The van der Waals surface area contributed by atoms with E-state index in [1.165, 1.54) is 11.0 Å². The van der Waals surface area contributed by atoms with E-state index in [-0.39, 0.29) is 41.0 Å². The van der Waals surface area contributed by atoms with Gasteiger partial charge in [0.2, 0.25) is 0 Å². The molecule has 1 heterocycles. The molecule has 0 aliphatic carbocycles. The van der Waals surface area contributed by atoms with Crippen LogP contribution in [0.2, 0.25) is 5.02 Å². The molecule has 3 amide bonds. The Balaban J connectivity index is 2.17. The first-order valence-electron chi connectivity index (χ1n) is 8.94. The number of aliphatic imine (C=N–C) groups is 1. The molecular weight excluding hydrogens is 399 g/mol. The number of carbonyl (C=O) groups is 2. The summed E-state index contributed by atoms with van der Waals surface area (Å²) in [6, 6.07) is 7.96. The van der Waals surface area contributed by atoms with Crippen LogP contribution in [0.15, 0.2) is 41.4 Å². The second kappa shape index (κ2) is 8.59. The van der Waals surface area contributed by atoms with E-state index in [2.05, 4.69) is 15.6 Å². The summed E-state index contributed by atoms with van der Waals surface area (Å²) in [6.45, 7) is 1.49. The van der Waals surface area contributed by atoms with Crippen LogP contribution >= 0.6 is 11.6 Å². The van der Waals surface area contributed by atoms with Crippen LogP contribution in [0.25, 0.3) is 0 Å². The lowest BCUT2D eigenvalue weighted by atomic mass is 9.99. The van der Waals surface area contributed by atoms with E-state index < -0.39 is 17.9 Å². The minimum absolute atomic E-state index is 0.0745. The van der Waals surface area contributed by atoms with Crippen LogP contribution in [-0.2, 0) is 4.79 Å². The molecule has 1 aliphatic heterocycles. The summed E-state index contributed by atoms with van der Waals surface area (Å²) in [4.78, 5) is 30.5. The van der Waals surface area contributed by atoms with Crippen molar-refractivity contribution < 1.29 is 19.1 Å². The number of rotatable bonds is 4. The second-order valence-electron chi connectivity index (χ2n) is 6.46. The lowest BCUT2D eigenvalue weighted by Crippen LogP contribution is -2.33. The lowest BCUT2D eigenvalue weighted by Gasteiger charge is -2.21. The number of nitrogens with zero attached hydrogens (tertiary/aromatic N) is 2. The van der Waals surface area contributed by atoms with Crippen molar-refractivity contribution in [2.75, 3.05) is 30.4 Å². The third kappa shape index (κ3) is 4.08. The number of urea groups is 1. The topological polar surface area (TPSA) is 94.0 Å². The zero-order valence-electron chi connectivity index (χ0n) is 15.9. The molecule has 0 saturated carbocycles. The molecule has 3 rings (SSSR count). The fourth-order valence-corrected chi connectivity index (χ4v) is 3.37. The molecule has 1 aliphatic rings. The van der Waals surface area contributed by atoms with Crippen molar-refractivity contribution in [1.29, 1.82) is 0 Å². The largest absolute Gasteiger partial charge is 0.395 e. The van der Waals surface area contributed by atoms with Crippen molar-refractivity contribution in [2.24, 2.45) is 4.99 Å². The van der Waals surface area contributed by atoms with E-state index in [1.54, 1.807) is 44.3 Å². The van der Waals surface area contributed by atoms with Crippen LogP contribution < -0.4 is 15.5 Å². The second-order valence-corrected chi connectivity index (χ2v) is 6.83. The fraction of sp³-hybridized carbons (Fsp3) is 0.250. The summed E-state index contributed by atoms with van der Waals surface area (Å²) in [7, 11) is 1.59. The molecule has 3 N–H and O–H groups in total. The van der Waals surface area contributed by atoms with Gasteiger partial charge in [0.1, 0.15) is 11.9 Å². The molecule has 0 spiro atoms. The first-order chi connectivity index (χ1) is 13.8. The molecule has 0 saturated heterocycles. The predicted octanol–water partition coefficient (Wildman–Crippen LogP) is 2.80. The smallest absolute Gasteiger partial charge is 0.319 e. The number of anilines is 2. The van der Waals surface area contributed by atoms with Crippen molar-refractivity contribution in [3.63, 3.8) is 0 Å². The number of fused-ring (bicyclic) bond motifs is 1. The molecule has 0 bridgehead atoms. The number of hydrogen-bond acceptors (Lipinski definition) is 4. The molecular formula is C20H20ClFN4O3. The van der Waals surface area contributed by atoms with Gasteiger partial charge in [-0.15, -0.1) is 0 Å². The van der Waals surface area contributed by atoms with Crippen LogP contribution in [0.3, 0.4) is 0 Å². The van der Waals surface area contributed by atoms with Gasteiger partial charge in [-0.05, 0) is 31.2 Å². The Morgan fingerprint density at radius 3 is 2.72 bits per heavy atom. The van der Waals surface area contributed by atoms with Gasteiger partial charge in [-0.3, -0.25) is 9.79 Å². The number of aliphatic hydroxyl groups is 1. The third-order valence-electron chi connectivity index (χ3n) is 4.50. The van der Waals surface area contributed by atoms with Gasteiger partial charge in [0.05, 0.1) is 28.7 Å². The highest BCUT2D eigenvalue weighted by Gasteiger charge is 2.31. The van der Waals surface area contributed by atoms with E-state index in [0.717, 1.165) is 0 Å². The van der Waals surface area contributed by atoms with E-state index in [4.69, 9.17) is 16.7 Å². The quantitative estimate of drug-likeness (QED) is 0.712. The summed E-state index contributed by atoms with van der Waals surface area (Å²) in [6.07, 6.45) is 0. The van der Waals surface area contributed by atoms with Crippen molar-refractivity contribution in [2.45, 2.75) is 13.0 Å². The van der Waals surface area contributed by atoms with E-state index in [1.807, 2.05) is 0 Å². The Kier molecular flexibility index (Phi) is 6.14. The number of carbonyl (C=O) groups excluding carboxylic acids is 2. The van der Waals surface area contributed by atoms with Crippen molar-refractivity contribution in [3.05, 3.63) is 58.4 Å². The van der Waals surface area contributed by atoms with Gasteiger partial charge < -0.3 is 20.6 Å². The minimum Gasteiger partial charge on any atom is -0.395 e. The van der Waals surface area contributed by atoms with E-state index >= 15 is 0 Å². The Morgan fingerprint density at radius 2 is 2.03 bits per heavy atom.